The molecule has 0 atom stereocenters. The molecule has 2 heterocycles. The number of benzene rings is 2. The van der Waals surface area contributed by atoms with Crippen molar-refractivity contribution in [3.05, 3.63) is 66.0 Å². The Balaban J connectivity index is 1.75. The van der Waals surface area contributed by atoms with Crippen molar-refractivity contribution in [3.8, 4) is 0 Å². The van der Waals surface area contributed by atoms with Crippen molar-refractivity contribution in [3.63, 3.8) is 0 Å². The molecule has 0 N–H and O–H groups in total. The fraction of sp³-hybridized carbons (Fsp3) is 0.167. The van der Waals surface area contributed by atoms with E-state index < -0.39 is 0 Å². The van der Waals surface area contributed by atoms with Crippen molar-refractivity contribution in [2.45, 2.75) is 12.8 Å². The minimum absolute atomic E-state index is 0.0783. The number of hydrogen-bond donors (Lipinski definition) is 0. The Labute approximate surface area is 128 Å². The molecule has 1 aliphatic heterocycles. The summed E-state index contributed by atoms with van der Waals surface area (Å²) in [5.74, 6) is -0.0783. The zero-order chi connectivity index (χ0) is 14.9. The van der Waals surface area contributed by atoms with E-state index in [9.17, 15) is 4.79 Å². The van der Waals surface area contributed by atoms with Crippen molar-refractivity contribution in [1.82, 2.24) is 9.97 Å². The second-order valence-electron chi connectivity index (χ2n) is 5.43. The van der Waals surface area contributed by atoms with Gasteiger partial charge >= 0.3 is 0 Å². The van der Waals surface area contributed by atoms with Crippen LogP contribution >= 0.6 is 0 Å². The molecule has 0 bridgehead atoms. The third-order valence-corrected chi connectivity index (χ3v) is 4.02. The summed E-state index contributed by atoms with van der Waals surface area (Å²) in [6, 6.07) is 15.7. The van der Waals surface area contributed by atoms with E-state index in [1.807, 2.05) is 47.4 Å². The van der Waals surface area contributed by atoms with Gasteiger partial charge in [-0.2, -0.15) is 0 Å². The monoisotopic (exact) mass is 289 g/mol. The minimum atomic E-state index is -0.0783. The standard InChI is InChI=1S/C18H15N3O/c22-18(16-12-19-14-8-2-3-9-15(14)20-16)21-11-5-7-13-6-1-4-10-17(13)21/h1-4,6,8-10,12H,5,7,11H2. The number of anilines is 1. The topological polar surface area (TPSA) is 46.1 Å². The van der Waals surface area contributed by atoms with E-state index in [0.29, 0.717) is 5.69 Å². The van der Waals surface area contributed by atoms with Crippen LogP contribution in [0.15, 0.2) is 54.7 Å². The van der Waals surface area contributed by atoms with Gasteiger partial charge in [0.05, 0.1) is 17.2 Å². The summed E-state index contributed by atoms with van der Waals surface area (Å²) in [5, 5.41) is 0. The number of hydrogen-bond acceptors (Lipinski definition) is 3. The van der Waals surface area contributed by atoms with Crippen molar-refractivity contribution in [2.24, 2.45) is 0 Å². The normalized spacial score (nSPS) is 13.9. The first-order valence-electron chi connectivity index (χ1n) is 7.44. The Morgan fingerprint density at radius 2 is 1.77 bits per heavy atom. The van der Waals surface area contributed by atoms with Crippen LogP contribution in [0.2, 0.25) is 0 Å². The fourth-order valence-electron chi connectivity index (χ4n) is 2.94. The Kier molecular flexibility index (Phi) is 3.07. The molecule has 4 nitrogen and oxygen atoms in total. The maximum Gasteiger partial charge on any atom is 0.278 e. The van der Waals surface area contributed by atoms with Crippen LogP contribution in [-0.2, 0) is 6.42 Å². The highest BCUT2D eigenvalue weighted by Crippen LogP contribution is 2.27. The Bertz CT molecular complexity index is 860. The van der Waals surface area contributed by atoms with Gasteiger partial charge in [0.25, 0.3) is 5.91 Å². The van der Waals surface area contributed by atoms with E-state index in [-0.39, 0.29) is 5.91 Å². The van der Waals surface area contributed by atoms with E-state index >= 15 is 0 Å². The van der Waals surface area contributed by atoms with Gasteiger partial charge in [0.1, 0.15) is 5.69 Å². The van der Waals surface area contributed by atoms with Gasteiger partial charge < -0.3 is 4.90 Å². The summed E-state index contributed by atoms with van der Waals surface area (Å²) in [7, 11) is 0. The highest BCUT2D eigenvalue weighted by Gasteiger charge is 2.24. The van der Waals surface area contributed by atoms with Crippen LogP contribution in [0, 0.1) is 0 Å². The summed E-state index contributed by atoms with van der Waals surface area (Å²) in [4.78, 5) is 23.5. The van der Waals surface area contributed by atoms with Gasteiger partial charge in [0.15, 0.2) is 0 Å². The average molecular weight is 289 g/mol. The molecule has 1 aromatic heterocycles. The number of fused-ring (bicyclic) bond motifs is 2. The molecule has 4 heteroatoms. The molecular weight excluding hydrogens is 274 g/mol. The lowest BCUT2D eigenvalue weighted by Crippen LogP contribution is -2.36. The Hall–Kier alpha value is -2.75. The zero-order valence-electron chi connectivity index (χ0n) is 12.1. The molecule has 1 amide bonds. The van der Waals surface area contributed by atoms with Crippen LogP contribution in [0.1, 0.15) is 22.5 Å². The van der Waals surface area contributed by atoms with Crippen LogP contribution in [0.5, 0.6) is 0 Å². The molecule has 1 aliphatic rings. The molecule has 0 saturated heterocycles. The van der Waals surface area contributed by atoms with Crippen LogP contribution in [0.4, 0.5) is 5.69 Å². The first kappa shape index (κ1) is 13.0. The highest BCUT2D eigenvalue weighted by molar-refractivity contribution is 6.06. The molecule has 0 radical (unpaired) electrons. The van der Waals surface area contributed by atoms with E-state index in [1.165, 1.54) is 5.56 Å². The van der Waals surface area contributed by atoms with Gasteiger partial charge in [-0.25, -0.2) is 4.98 Å². The number of aromatic nitrogens is 2. The Morgan fingerprint density at radius 3 is 2.68 bits per heavy atom. The van der Waals surface area contributed by atoms with Gasteiger partial charge in [-0.15, -0.1) is 0 Å². The average Bonchev–Trinajstić information content (AvgIpc) is 2.60. The summed E-state index contributed by atoms with van der Waals surface area (Å²) < 4.78 is 0. The van der Waals surface area contributed by atoms with Crippen molar-refractivity contribution >= 4 is 22.6 Å². The molecule has 0 saturated carbocycles. The molecule has 0 fully saturated rings. The van der Waals surface area contributed by atoms with Crippen molar-refractivity contribution in [1.29, 1.82) is 0 Å². The van der Waals surface area contributed by atoms with E-state index in [2.05, 4.69) is 16.0 Å². The SMILES string of the molecule is O=C(c1cnc2ccccc2n1)N1CCCc2ccccc21. The number of carbonyl (C=O) groups excluding carboxylic acids is 1. The lowest BCUT2D eigenvalue weighted by Gasteiger charge is -2.29. The molecule has 0 spiro atoms. The lowest BCUT2D eigenvalue weighted by atomic mass is 10.0. The van der Waals surface area contributed by atoms with Gasteiger partial charge in [-0.3, -0.25) is 9.78 Å². The number of aryl methyl sites for hydroxylation is 1. The number of amides is 1. The third-order valence-electron chi connectivity index (χ3n) is 4.02. The summed E-state index contributed by atoms with van der Waals surface area (Å²) >= 11 is 0. The maximum atomic E-state index is 12.8. The summed E-state index contributed by atoms with van der Waals surface area (Å²) in [5.41, 5.74) is 4.16. The molecule has 22 heavy (non-hydrogen) atoms. The Morgan fingerprint density at radius 1 is 1.00 bits per heavy atom. The molecule has 108 valence electrons. The molecular formula is C18H15N3O. The van der Waals surface area contributed by atoms with Gasteiger partial charge in [-0.1, -0.05) is 30.3 Å². The fourth-order valence-corrected chi connectivity index (χ4v) is 2.94. The van der Waals surface area contributed by atoms with Crippen LogP contribution in [0.3, 0.4) is 0 Å². The van der Waals surface area contributed by atoms with Gasteiger partial charge in [0.2, 0.25) is 0 Å². The summed E-state index contributed by atoms with van der Waals surface area (Å²) in [6.07, 6.45) is 3.56. The molecule has 0 aliphatic carbocycles. The molecule has 2 aromatic carbocycles. The molecule has 3 aromatic rings. The smallest absolute Gasteiger partial charge is 0.278 e. The predicted octanol–water partition coefficient (Wildman–Crippen LogP) is 3.22. The first-order chi connectivity index (χ1) is 10.8. The highest BCUT2D eigenvalue weighted by atomic mass is 16.2. The van der Waals surface area contributed by atoms with E-state index in [4.69, 9.17) is 0 Å². The predicted molar refractivity (Wildman–Crippen MR) is 86.0 cm³/mol. The zero-order valence-corrected chi connectivity index (χ0v) is 12.1. The minimum Gasteiger partial charge on any atom is -0.307 e. The van der Waals surface area contributed by atoms with Crippen molar-refractivity contribution < 1.29 is 4.79 Å². The third kappa shape index (κ3) is 2.13. The maximum absolute atomic E-state index is 12.8. The van der Waals surface area contributed by atoms with Gasteiger partial charge in [-0.05, 0) is 36.6 Å². The summed E-state index contributed by atoms with van der Waals surface area (Å²) in [6.45, 7) is 0.727. The molecule has 4 rings (SSSR count). The number of rotatable bonds is 1. The molecule has 0 unspecified atom stereocenters. The largest absolute Gasteiger partial charge is 0.307 e. The number of para-hydroxylation sites is 3. The van der Waals surface area contributed by atoms with Crippen LogP contribution in [-0.4, -0.2) is 22.4 Å². The van der Waals surface area contributed by atoms with Crippen LogP contribution in [0.25, 0.3) is 11.0 Å². The van der Waals surface area contributed by atoms with E-state index in [0.717, 1.165) is 36.1 Å². The first-order valence-corrected chi connectivity index (χ1v) is 7.44. The van der Waals surface area contributed by atoms with Crippen molar-refractivity contribution in [2.75, 3.05) is 11.4 Å². The number of nitrogens with zero attached hydrogens (tertiary/aromatic N) is 3. The second kappa shape index (κ2) is 5.22. The number of carbonyl (C=O) groups is 1. The van der Waals surface area contributed by atoms with E-state index in [1.54, 1.807) is 6.20 Å². The lowest BCUT2D eigenvalue weighted by molar-refractivity contribution is 0.0980. The second-order valence-corrected chi connectivity index (χ2v) is 5.43. The quantitative estimate of drug-likeness (QED) is 0.691. The van der Waals surface area contributed by atoms with Gasteiger partial charge in [0, 0.05) is 12.2 Å². The van der Waals surface area contributed by atoms with Crippen LogP contribution < -0.4 is 4.90 Å².